The summed E-state index contributed by atoms with van der Waals surface area (Å²) in [6.07, 6.45) is 1.38. The summed E-state index contributed by atoms with van der Waals surface area (Å²) in [6, 6.07) is 13.3. The molecule has 0 radical (unpaired) electrons. The van der Waals surface area contributed by atoms with E-state index in [1.54, 1.807) is 12.1 Å². The van der Waals surface area contributed by atoms with Crippen LogP contribution in [0.3, 0.4) is 0 Å². The fourth-order valence-electron chi connectivity index (χ4n) is 2.49. The smallest absolute Gasteiger partial charge is 0.128 e. The molecule has 2 aromatic rings. The lowest BCUT2D eigenvalue weighted by Crippen LogP contribution is -2.12. The van der Waals surface area contributed by atoms with E-state index in [0.717, 1.165) is 36.3 Å². The SMILES string of the molecule is Nc1ccc(C(O)c2cccc3c2OCCC3)cc1. The summed E-state index contributed by atoms with van der Waals surface area (Å²) >= 11 is 0. The Kier molecular flexibility index (Phi) is 3.13. The molecule has 2 aromatic carbocycles. The fraction of sp³-hybridized carbons (Fsp3) is 0.250. The molecule has 0 aliphatic carbocycles. The summed E-state index contributed by atoms with van der Waals surface area (Å²) in [4.78, 5) is 0. The van der Waals surface area contributed by atoms with Crippen LogP contribution in [-0.4, -0.2) is 11.7 Å². The van der Waals surface area contributed by atoms with Gasteiger partial charge in [0.05, 0.1) is 6.61 Å². The van der Waals surface area contributed by atoms with E-state index >= 15 is 0 Å². The van der Waals surface area contributed by atoms with Crippen LogP contribution in [0.5, 0.6) is 5.75 Å². The molecule has 1 aliphatic heterocycles. The number of ether oxygens (including phenoxy) is 1. The van der Waals surface area contributed by atoms with Gasteiger partial charge in [-0.15, -0.1) is 0 Å². The molecule has 0 saturated carbocycles. The van der Waals surface area contributed by atoms with Gasteiger partial charge in [-0.2, -0.15) is 0 Å². The molecule has 3 heteroatoms. The predicted octanol–water partition coefficient (Wildman–Crippen LogP) is 2.68. The molecule has 1 atom stereocenters. The zero-order valence-corrected chi connectivity index (χ0v) is 10.7. The number of hydrogen-bond acceptors (Lipinski definition) is 3. The van der Waals surface area contributed by atoms with Crippen LogP contribution < -0.4 is 10.5 Å². The molecular formula is C16H17NO2. The summed E-state index contributed by atoms with van der Waals surface area (Å²) in [6.45, 7) is 0.721. The molecule has 19 heavy (non-hydrogen) atoms. The Hall–Kier alpha value is -2.00. The number of benzene rings is 2. The molecule has 1 aliphatic rings. The Morgan fingerprint density at radius 1 is 1.11 bits per heavy atom. The van der Waals surface area contributed by atoms with Crippen LogP contribution >= 0.6 is 0 Å². The number of fused-ring (bicyclic) bond motifs is 1. The Morgan fingerprint density at radius 3 is 2.68 bits per heavy atom. The van der Waals surface area contributed by atoms with Crippen LogP contribution in [0, 0.1) is 0 Å². The molecule has 0 bridgehead atoms. The van der Waals surface area contributed by atoms with E-state index in [1.165, 1.54) is 5.56 Å². The van der Waals surface area contributed by atoms with Crippen LogP contribution in [0.4, 0.5) is 5.69 Å². The number of rotatable bonds is 2. The zero-order chi connectivity index (χ0) is 13.2. The topological polar surface area (TPSA) is 55.5 Å². The van der Waals surface area contributed by atoms with Crippen molar-refractivity contribution in [2.24, 2.45) is 0 Å². The molecule has 3 nitrogen and oxygen atoms in total. The molecule has 3 rings (SSSR count). The van der Waals surface area contributed by atoms with Crippen LogP contribution in [0.2, 0.25) is 0 Å². The number of hydrogen-bond donors (Lipinski definition) is 2. The standard InChI is InChI=1S/C16H17NO2/c17-13-8-6-11(7-9-13)15(18)14-5-1-3-12-4-2-10-19-16(12)14/h1,3,5-9,15,18H,2,4,10,17H2. The molecule has 3 N–H and O–H groups in total. The van der Waals surface area contributed by atoms with Gasteiger partial charge in [0.25, 0.3) is 0 Å². The fourth-order valence-corrected chi connectivity index (χ4v) is 2.49. The van der Waals surface area contributed by atoms with Crippen molar-refractivity contribution >= 4 is 5.69 Å². The number of nitrogen functional groups attached to an aromatic ring is 1. The van der Waals surface area contributed by atoms with E-state index in [1.807, 2.05) is 24.3 Å². The molecule has 0 aromatic heterocycles. The van der Waals surface area contributed by atoms with Crippen molar-refractivity contribution in [3.8, 4) is 5.75 Å². The van der Waals surface area contributed by atoms with Crippen molar-refractivity contribution < 1.29 is 9.84 Å². The van der Waals surface area contributed by atoms with Crippen molar-refractivity contribution in [2.75, 3.05) is 12.3 Å². The number of anilines is 1. The lowest BCUT2D eigenvalue weighted by molar-refractivity contribution is 0.207. The lowest BCUT2D eigenvalue weighted by atomic mass is 9.95. The maximum absolute atomic E-state index is 10.5. The minimum Gasteiger partial charge on any atom is -0.493 e. The van der Waals surface area contributed by atoms with Gasteiger partial charge >= 0.3 is 0 Å². The number of aliphatic hydroxyl groups excluding tert-OH is 1. The maximum atomic E-state index is 10.5. The van der Waals surface area contributed by atoms with Crippen molar-refractivity contribution in [1.82, 2.24) is 0 Å². The van der Waals surface area contributed by atoms with Gasteiger partial charge in [-0.05, 0) is 36.1 Å². The van der Waals surface area contributed by atoms with Gasteiger partial charge in [-0.3, -0.25) is 0 Å². The first-order chi connectivity index (χ1) is 9.25. The molecule has 1 heterocycles. The summed E-state index contributed by atoms with van der Waals surface area (Å²) in [5.41, 5.74) is 9.21. The molecule has 0 spiro atoms. The quantitative estimate of drug-likeness (QED) is 0.811. The molecule has 0 amide bonds. The van der Waals surface area contributed by atoms with E-state index in [-0.39, 0.29) is 0 Å². The Labute approximate surface area is 112 Å². The van der Waals surface area contributed by atoms with Gasteiger partial charge in [-0.25, -0.2) is 0 Å². The number of para-hydroxylation sites is 1. The third-order valence-corrected chi connectivity index (χ3v) is 3.51. The monoisotopic (exact) mass is 255 g/mol. The average molecular weight is 255 g/mol. The first kappa shape index (κ1) is 12.1. The van der Waals surface area contributed by atoms with E-state index in [0.29, 0.717) is 5.69 Å². The van der Waals surface area contributed by atoms with Crippen molar-refractivity contribution in [1.29, 1.82) is 0 Å². The molecule has 0 saturated heterocycles. The van der Waals surface area contributed by atoms with Gasteiger partial charge in [0.2, 0.25) is 0 Å². The molecule has 98 valence electrons. The summed E-state index contributed by atoms with van der Waals surface area (Å²) < 4.78 is 5.74. The minimum absolute atomic E-state index is 0.673. The van der Waals surface area contributed by atoms with Crippen LogP contribution in [0.15, 0.2) is 42.5 Å². The maximum Gasteiger partial charge on any atom is 0.128 e. The summed E-state index contributed by atoms with van der Waals surface area (Å²) in [5, 5.41) is 10.5. The normalized spacial score (nSPS) is 15.4. The first-order valence-electron chi connectivity index (χ1n) is 6.54. The summed E-state index contributed by atoms with van der Waals surface area (Å²) in [7, 11) is 0. The second-order valence-electron chi connectivity index (χ2n) is 4.86. The third kappa shape index (κ3) is 2.29. The molecular weight excluding hydrogens is 238 g/mol. The van der Waals surface area contributed by atoms with E-state index in [9.17, 15) is 5.11 Å². The lowest BCUT2D eigenvalue weighted by Gasteiger charge is -2.23. The Balaban J connectivity index is 1.99. The zero-order valence-electron chi connectivity index (χ0n) is 10.7. The number of nitrogens with two attached hydrogens (primary N) is 1. The van der Waals surface area contributed by atoms with Gasteiger partial charge in [0.15, 0.2) is 0 Å². The Morgan fingerprint density at radius 2 is 1.89 bits per heavy atom. The van der Waals surface area contributed by atoms with Crippen molar-refractivity contribution in [3.05, 3.63) is 59.2 Å². The summed E-state index contributed by atoms with van der Waals surface area (Å²) in [5.74, 6) is 0.845. The van der Waals surface area contributed by atoms with Crippen LogP contribution in [0.25, 0.3) is 0 Å². The van der Waals surface area contributed by atoms with Crippen LogP contribution in [0.1, 0.15) is 29.2 Å². The largest absolute Gasteiger partial charge is 0.493 e. The van der Waals surface area contributed by atoms with E-state index in [2.05, 4.69) is 6.07 Å². The molecule has 0 fully saturated rings. The number of aliphatic hydroxyl groups is 1. The van der Waals surface area contributed by atoms with Crippen molar-refractivity contribution in [3.63, 3.8) is 0 Å². The van der Waals surface area contributed by atoms with Gasteiger partial charge < -0.3 is 15.6 Å². The second kappa shape index (κ2) is 4.94. The van der Waals surface area contributed by atoms with Gasteiger partial charge in [-0.1, -0.05) is 30.3 Å². The number of aryl methyl sites for hydroxylation is 1. The van der Waals surface area contributed by atoms with Gasteiger partial charge in [0.1, 0.15) is 11.9 Å². The minimum atomic E-state index is -0.673. The van der Waals surface area contributed by atoms with E-state index in [4.69, 9.17) is 10.5 Å². The first-order valence-corrected chi connectivity index (χ1v) is 6.54. The van der Waals surface area contributed by atoms with Crippen LogP contribution in [-0.2, 0) is 6.42 Å². The highest BCUT2D eigenvalue weighted by Gasteiger charge is 2.20. The van der Waals surface area contributed by atoms with E-state index < -0.39 is 6.10 Å². The second-order valence-corrected chi connectivity index (χ2v) is 4.86. The highest BCUT2D eigenvalue weighted by atomic mass is 16.5. The third-order valence-electron chi connectivity index (χ3n) is 3.51. The Bertz CT molecular complexity index is 578. The van der Waals surface area contributed by atoms with Crippen molar-refractivity contribution in [2.45, 2.75) is 18.9 Å². The predicted molar refractivity (Wildman–Crippen MR) is 75.2 cm³/mol. The highest BCUT2D eigenvalue weighted by Crippen LogP contribution is 2.35. The van der Waals surface area contributed by atoms with Gasteiger partial charge in [0, 0.05) is 11.3 Å². The highest BCUT2D eigenvalue weighted by molar-refractivity contribution is 5.48. The average Bonchev–Trinajstić information content (AvgIpc) is 2.47. The molecule has 1 unspecified atom stereocenters.